The van der Waals surface area contributed by atoms with Gasteiger partial charge in [0, 0.05) is 29.1 Å². The van der Waals surface area contributed by atoms with Gasteiger partial charge in [0.25, 0.3) is 0 Å². The number of hydrogen-bond donors (Lipinski definition) is 0. The first-order chi connectivity index (χ1) is 22.8. The van der Waals surface area contributed by atoms with Gasteiger partial charge < -0.3 is 0 Å². The molecule has 0 fully saturated rings. The second-order valence-corrected chi connectivity index (χ2v) is 11.7. The van der Waals surface area contributed by atoms with Gasteiger partial charge in [0.05, 0.1) is 11.4 Å². The standard InChI is InChI=1S/C43H27N3/c1-2-7-28(8-3-1)34-11-5-12-35(25-34)40-26-39(30-16-14-29(15-17-30)36-13-6-24-44-27-36)45-43(46-40)38-23-21-33-19-18-31-9-4-10-32-20-22-37(38)42(33)41(31)32/h1-27H. The fraction of sp³-hybridized carbons (Fsp3) is 0. The number of rotatable bonds is 5. The van der Waals surface area contributed by atoms with Crippen molar-refractivity contribution in [1.29, 1.82) is 0 Å². The summed E-state index contributed by atoms with van der Waals surface area (Å²) in [6, 6.07) is 53.6. The van der Waals surface area contributed by atoms with Crippen molar-refractivity contribution in [2.24, 2.45) is 0 Å². The van der Waals surface area contributed by atoms with Crippen LogP contribution in [-0.4, -0.2) is 15.0 Å². The summed E-state index contributed by atoms with van der Waals surface area (Å²) < 4.78 is 0. The van der Waals surface area contributed by atoms with Gasteiger partial charge >= 0.3 is 0 Å². The van der Waals surface area contributed by atoms with Gasteiger partial charge in [0.1, 0.15) is 0 Å². The van der Waals surface area contributed by atoms with Crippen LogP contribution >= 0.6 is 0 Å². The Morgan fingerprint density at radius 3 is 1.76 bits per heavy atom. The quantitative estimate of drug-likeness (QED) is 0.189. The second kappa shape index (κ2) is 10.8. The summed E-state index contributed by atoms with van der Waals surface area (Å²) in [6.07, 6.45) is 3.69. The van der Waals surface area contributed by atoms with E-state index in [4.69, 9.17) is 9.97 Å². The zero-order chi connectivity index (χ0) is 30.5. The van der Waals surface area contributed by atoms with Gasteiger partial charge in [-0.3, -0.25) is 4.98 Å². The summed E-state index contributed by atoms with van der Waals surface area (Å²) in [7, 11) is 0. The first kappa shape index (κ1) is 26.2. The van der Waals surface area contributed by atoms with Gasteiger partial charge in [-0.15, -0.1) is 0 Å². The molecular formula is C43H27N3. The third kappa shape index (κ3) is 4.49. The molecule has 2 heterocycles. The normalized spacial score (nSPS) is 11.5. The van der Waals surface area contributed by atoms with Crippen LogP contribution in [0.25, 0.3) is 88.5 Å². The molecule has 0 saturated carbocycles. The van der Waals surface area contributed by atoms with Crippen LogP contribution in [0, 0.1) is 0 Å². The minimum absolute atomic E-state index is 0.715. The van der Waals surface area contributed by atoms with Crippen molar-refractivity contribution in [1.82, 2.24) is 15.0 Å². The Balaban J connectivity index is 1.25. The van der Waals surface area contributed by atoms with Gasteiger partial charge in [-0.1, -0.05) is 127 Å². The Morgan fingerprint density at radius 2 is 0.978 bits per heavy atom. The Labute approximate surface area is 266 Å². The molecule has 0 unspecified atom stereocenters. The van der Waals surface area contributed by atoms with E-state index < -0.39 is 0 Å². The van der Waals surface area contributed by atoms with E-state index in [1.807, 2.05) is 18.3 Å². The Hall–Kier alpha value is -6.19. The van der Waals surface area contributed by atoms with Crippen LogP contribution in [0.5, 0.6) is 0 Å². The molecule has 3 heteroatoms. The predicted molar refractivity (Wildman–Crippen MR) is 191 cm³/mol. The molecule has 46 heavy (non-hydrogen) atoms. The lowest BCUT2D eigenvalue weighted by molar-refractivity contribution is 1.19. The van der Waals surface area contributed by atoms with Crippen LogP contribution < -0.4 is 0 Å². The third-order valence-corrected chi connectivity index (χ3v) is 8.94. The van der Waals surface area contributed by atoms with Crippen molar-refractivity contribution in [3.8, 4) is 56.2 Å². The monoisotopic (exact) mass is 585 g/mol. The average Bonchev–Trinajstić information content (AvgIpc) is 3.14. The SMILES string of the molecule is c1ccc(-c2cccc(-c3cc(-c4ccc(-c5cccnc5)cc4)nc(-c4ccc5ccc6cccc7ccc4c5c67)n3)c2)cc1. The number of pyridine rings is 1. The molecule has 0 saturated heterocycles. The Kier molecular flexibility index (Phi) is 6.14. The van der Waals surface area contributed by atoms with Gasteiger partial charge in [0.15, 0.2) is 5.82 Å². The predicted octanol–water partition coefficient (Wildman–Crippen LogP) is 11.1. The minimum atomic E-state index is 0.715. The molecule has 3 nitrogen and oxygen atoms in total. The Morgan fingerprint density at radius 1 is 0.370 bits per heavy atom. The number of aromatic nitrogens is 3. The smallest absolute Gasteiger partial charge is 0.161 e. The van der Waals surface area contributed by atoms with Crippen molar-refractivity contribution in [2.75, 3.05) is 0 Å². The van der Waals surface area contributed by atoms with E-state index in [0.717, 1.165) is 50.2 Å². The first-order valence-electron chi connectivity index (χ1n) is 15.5. The molecule has 0 amide bonds. The molecule has 0 aliphatic carbocycles. The van der Waals surface area contributed by atoms with E-state index in [1.54, 1.807) is 6.20 Å². The second-order valence-electron chi connectivity index (χ2n) is 11.7. The highest BCUT2D eigenvalue weighted by atomic mass is 14.9. The van der Waals surface area contributed by atoms with Crippen LogP contribution in [-0.2, 0) is 0 Å². The highest BCUT2D eigenvalue weighted by molar-refractivity contribution is 6.25. The van der Waals surface area contributed by atoms with E-state index >= 15 is 0 Å². The summed E-state index contributed by atoms with van der Waals surface area (Å²) in [4.78, 5) is 14.8. The van der Waals surface area contributed by atoms with Gasteiger partial charge in [-0.05, 0) is 78.8 Å². The van der Waals surface area contributed by atoms with Crippen LogP contribution in [0.4, 0.5) is 0 Å². The molecule has 0 aliphatic rings. The first-order valence-corrected chi connectivity index (χ1v) is 15.5. The maximum absolute atomic E-state index is 5.26. The highest BCUT2D eigenvalue weighted by Gasteiger charge is 2.16. The van der Waals surface area contributed by atoms with E-state index in [2.05, 4.69) is 145 Å². The van der Waals surface area contributed by atoms with E-state index in [-0.39, 0.29) is 0 Å². The maximum atomic E-state index is 5.26. The van der Waals surface area contributed by atoms with Crippen molar-refractivity contribution in [2.45, 2.75) is 0 Å². The highest BCUT2D eigenvalue weighted by Crippen LogP contribution is 2.39. The molecule has 0 spiro atoms. The molecule has 0 bridgehead atoms. The average molecular weight is 586 g/mol. The molecule has 9 aromatic rings. The van der Waals surface area contributed by atoms with Gasteiger partial charge in [-0.2, -0.15) is 0 Å². The molecule has 0 atom stereocenters. The molecule has 0 aliphatic heterocycles. The molecular weight excluding hydrogens is 558 g/mol. The zero-order valence-corrected chi connectivity index (χ0v) is 24.9. The minimum Gasteiger partial charge on any atom is -0.264 e. The van der Waals surface area contributed by atoms with Crippen molar-refractivity contribution in [3.63, 3.8) is 0 Å². The summed E-state index contributed by atoms with van der Waals surface area (Å²) in [5.41, 5.74) is 9.43. The summed E-state index contributed by atoms with van der Waals surface area (Å²) in [5.74, 6) is 0.715. The molecule has 9 rings (SSSR count). The number of hydrogen-bond acceptors (Lipinski definition) is 3. The fourth-order valence-corrected chi connectivity index (χ4v) is 6.65. The van der Waals surface area contributed by atoms with Crippen molar-refractivity contribution >= 4 is 32.3 Å². The topological polar surface area (TPSA) is 38.7 Å². The summed E-state index contributed by atoms with van der Waals surface area (Å²) >= 11 is 0. The maximum Gasteiger partial charge on any atom is 0.161 e. The number of nitrogens with zero attached hydrogens (tertiary/aromatic N) is 3. The van der Waals surface area contributed by atoms with E-state index in [9.17, 15) is 0 Å². The van der Waals surface area contributed by atoms with Crippen LogP contribution in [0.3, 0.4) is 0 Å². The number of benzene rings is 7. The molecule has 7 aromatic carbocycles. The molecule has 214 valence electrons. The summed E-state index contributed by atoms with van der Waals surface area (Å²) in [6.45, 7) is 0. The zero-order valence-electron chi connectivity index (χ0n) is 24.9. The van der Waals surface area contributed by atoms with Crippen LogP contribution in [0.2, 0.25) is 0 Å². The third-order valence-electron chi connectivity index (χ3n) is 8.94. The van der Waals surface area contributed by atoms with Gasteiger partial charge in [-0.25, -0.2) is 9.97 Å². The lowest BCUT2D eigenvalue weighted by Gasteiger charge is -2.15. The Bertz CT molecular complexity index is 2490. The van der Waals surface area contributed by atoms with E-state index in [0.29, 0.717) is 5.82 Å². The van der Waals surface area contributed by atoms with Crippen molar-refractivity contribution < 1.29 is 0 Å². The van der Waals surface area contributed by atoms with E-state index in [1.165, 1.54) is 32.5 Å². The largest absolute Gasteiger partial charge is 0.264 e. The molecule has 0 radical (unpaired) electrons. The molecule has 2 aromatic heterocycles. The lowest BCUT2D eigenvalue weighted by Crippen LogP contribution is -1.97. The van der Waals surface area contributed by atoms with Crippen LogP contribution in [0.15, 0.2) is 164 Å². The molecule has 0 N–H and O–H groups in total. The summed E-state index contributed by atoms with van der Waals surface area (Å²) in [5, 5.41) is 7.42. The fourth-order valence-electron chi connectivity index (χ4n) is 6.65. The van der Waals surface area contributed by atoms with Crippen LogP contribution in [0.1, 0.15) is 0 Å². The van der Waals surface area contributed by atoms with Gasteiger partial charge in [0.2, 0.25) is 0 Å². The lowest BCUT2D eigenvalue weighted by atomic mass is 9.91. The van der Waals surface area contributed by atoms with Crippen molar-refractivity contribution in [3.05, 3.63) is 164 Å².